The van der Waals surface area contributed by atoms with Gasteiger partial charge in [0.2, 0.25) is 17.7 Å². The molecule has 0 bridgehead atoms. The van der Waals surface area contributed by atoms with Crippen LogP contribution in [0.2, 0.25) is 0 Å². The molecular formula is C24H23N5O. The summed E-state index contributed by atoms with van der Waals surface area (Å²) in [7, 11) is 0. The van der Waals surface area contributed by atoms with E-state index in [1.165, 1.54) is 11.1 Å². The summed E-state index contributed by atoms with van der Waals surface area (Å²) < 4.78 is 5.62. The maximum Gasteiger partial charge on any atom is 0.230 e. The molecule has 6 heteroatoms. The Balaban J connectivity index is 1.22. The molecule has 1 fully saturated rings. The van der Waals surface area contributed by atoms with E-state index in [4.69, 9.17) is 9.51 Å². The lowest BCUT2D eigenvalue weighted by Crippen LogP contribution is -2.26. The Morgan fingerprint density at radius 3 is 2.13 bits per heavy atom. The van der Waals surface area contributed by atoms with E-state index in [0.29, 0.717) is 23.7 Å². The van der Waals surface area contributed by atoms with Gasteiger partial charge < -0.3 is 9.84 Å². The number of benzene rings is 2. The van der Waals surface area contributed by atoms with Crippen LogP contribution in [0.1, 0.15) is 37.5 Å². The molecule has 4 aromatic rings. The van der Waals surface area contributed by atoms with Gasteiger partial charge in [-0.2, -0.15) is 4.98 Å². The summed E-state index contributed by atoms with van der Waals surface area (Å²) in [5.41, 5.74) is 3.35. The SMILES string of the molecule is c1ccc(-c2ccc(-c3noc(C4CCC(Nc5ncccn5)CC4)n3)cc2)cc1. The lowest BCUT2D eigenvalue weighted by Gasteiger charge is -2.27. The van der Waals surface area contributed by atoms with E-state index in [-0.39, 0.29) is 0 Å². The first-order valence-electron chi connectivity index (χ1n) is 10.4. The Labute approximate surface area is 175 Å². The Bertz CT molecular complexity index is 1070. The molecule has 0 saturated heterocycles. The summed E-state index contributed by atoms with van der Waals surface area (Å²) in [5.74, 6) is 2.40. The van der Waals surface area contributed by atoms with Crippen LogP contribution >= 0.6 is 0 Å². The minimum atomic E-state index is 0.310. The Kier molecular flexibility index (Phi) is 5.21. The first-order valence-corrected chi connectivity index (χ1v) is 10.4. The van der Waals surface area contributed by atoms with Crippen molar-refractivity contribution in [3.63, 3.8) is 0 Å². The van der Waals surface area contributed by atoms with Gasteiger partial charge in [0, 0.05) is 29.9 Å². The van der Waals surface area contributed by atoms with Crippen molar-refractivity contribution in [3.8, 4) is 22.5 Å². The van der Waals surface area contributed by atoms with Gasteiger partial charge in [-0.05, 0) is 42.9 Å². The van der Waals surface area contributed by atoms with Gasteiger partial charge in [-0.3, -0.25) is 0 Å². The van der Waals surface area contributed by atoms with E-state index in [2.05, 4.69) is 56.8 Å². The van der Waals surface area contributed by atoms with E-state index < -0.39 is 0 Å². The molecule has 1 aliphatic rings. The van der Waals surface area contributed by atoms with Crippen LogP contribution in [-0.2, 0) is 0 Å². The van der Waals surface area contributed by atoms with Gasteiger partial charge in [-0.15, -0.1) is 0 Å². The fraction of sp³-hybridized carbons (Fsp3) is 0.250. The second kappa shape index (κ2) is 8.45. The predicted octanol–water partition coefficient (Wildman–Crippen LogP) is 5.33. The lowest BCUT2D eigenvalue weighted by molar-refractivity contribution is 0.306. The summed E-state index contributed by atoms with van der Waals surface area (Å²) in [5, 5.41) is 7.64. The van der Waals surface area contributed by atoms with Gasteiger partial charge in [-0.25, -0.2) is 9.97 Å². The maximum atomic E-state index is 5.62. The maximum absolute atomic E-state index is 5.62. The average Bonchev–Trinajstić information content (AvgIpc) is 3.31. The van der Waals surface area contributed by atoms with E-state index >= 15 is 0 Å². The van der Waals surface area contributed by atoms with Gasteiger partial charge >= 0.3 is 0 Å². The molecule has 0 spiro atoms. The number of hydrogen-bond donors (Lipinski definition) is 1. The summed E-state index contributed by atoms with van der Waals surface area (Å²) in [6.07, 6.45) is 7.61. The molecule has 1 N–H and O–H groups in total. The lowest BCUT2D eigenvalue weighted by atomic mass is 9.86. The molecule has 2 aromatic heterocycles. The molecule has 0 amide bonds. The van der Waals surface area contributed by atoms with E-state index in [0.717, 1.165) is 37.1 Å². The average molecular weight is 397 g/mol. The van der Waals surface area contributed by atoms with Gasteiger partial charge in [0.05, 0.1) is 0 Å². The Hall–Kier alpha value is -3.54. The molecule has 2 heterocycles. The highest BCUT2D eigenvalue weighted by Gasteiger charge is 2.27. The van der Waals surface area contributed by atoms with Crippen molar-refractivity contribution in [2.45, 2.75) is 37.6 Å². The zero-order chi connectivity index (χ0) is 20.2. The number of anilines is 1. The smallest absolute Gasteiger partial charge is 0.230 e. The van der Waals surface area contributed by atoms with Gasteiger partial charge in [-0.1, -0.05) is 59.8 Å². The summed E-state index contributed by atoms with van der Waals surface area (Å²) >= 11 is 0. The molecule has 30 heavy (non-hydrogen) atoms. The Morgan fingerprint density at radius 2 is 1.40 bits per heavy atom. The van der Waals surface area contributed by atoms with Crippen LogP contribution in [0.3, 0.4) is 0 Å². The van der Waals surface area contributed by atoms with Crippen molar-refractivity contribution in [1.82, 2.24) is 20.1 Å². The molecule has 0 aliphatic heterocycles. The highest BCUT2D eigenvalue weighted by molar-refractivity contribution is 5.67. The first-order chi connectivity index (χ1) is 14.8. The monoisotopic (exact) mass is 397 g/mol. The van der Waals surface area contributed by atoms with E-state index in [1.807, 2.05) is 24.3 Å². The van der Waals surface area contributed by atoms with E-state index in [1.54, 1.807) is 12.4 Å². The van der Waals surface area contributed by atoms with Gasteiger partial charge in [0.1, 0.15) is 0 Å². The van der Waals surface area contributed by atoms with Crippen LogP contribution in [-0.4, -0.2) is 26.2 Å². The van der Waals surface area contributed by atoms with Crippen LogP contribution in [0.5, 0.6) is 0 Å². The van der Waals surface area contributed by atoms with Crippen LogP contribution in [0.25, 0.3) is 22.5 Å². The zero-order valence-electron chi connectivity index (χ0n) is 16.6. The fourth-order valence-corrected chi connectivity index (χ4v) is 4.00. The standard InChI is InChI=1S/C24H23N5O/c1-2-5-17(6-3-1)18-7-9-19(10-8-18)22-28-23(30-29-22)20-11-13-21(14-12-20)27-24-25-15-4-16-26-24/h1-10,15-16,20-21H,11-14H2,(H,25,26,27). The van der Waals surface area contributed by atoms with Crippen LogP contribution in [0.4, 0.5) is 5.95 Å². The number of nitrogens with zero attached hydrogens (tertiary/aromatic N) is 4. The van der Waals surface area contributed by atoms with Crippen molar-refractivity contribution in [2.24, 2.45) is 0 Å². The zero-order valence-corrected chi connectivity index (χ0v) is 16.6. The quantitative estimate of drug-likeness (QED) is 0.490. The number of hydrogen-bond acceptors (Lipinski definition) is 6. The molecule has 0 radical (unpaired) electrons. The molecule has 1 saturated carbocycles. The highest BCUT2D eigenvalue weighted by atomic mass is 16.5. The molecular weight excluding hydrogens is 374 g/mol. The number of nitrogens with one attached hydrogen (secondary N) is 1. The minimum Gasteiger partial charge on any atom is -0.351 e. The van der Waals surface area contributed by atoms with Crippen LogP contribution in [0, 0.1) is 0 Å². The number of rotatable bonds is 5. The molecule has 2 aromatic carbocycles. The third-order valence-electron chi connectivity index (χ3n) is 5.67. The van der Waals surface area contributed by atoms with E-state index in [9.17, 15) is 0 Å². The third-order valence-corrected chi connectivity index (χ3v) is 5.67. The van der Waals surface area contributed by atoms with Gasteiger partial charge in [0.25, 0.3) is 0 Å². The van der Waals surface area contributed by atoms with Crippen molar-refractivity contribution in [2.75, 3.05) is 5.32 Å². The topological polar surface area (TPSA) is 76.7 Å². The van der Waals surface area contributed by atoms with Gasteiger partial charge in [0.15, 0.2) is 0 Å². The summed E-state index contributed by atoms with van der Waals surface area (Å²) in [6.45, 7) is 0. The summed E-state index contributed by atoms with van der Waals surface area (Å²) in [4.78, 5) is 13.2. The van der Waals surface area contributed by atoms with Crippen LogP contribution in [0.15, 0.2) is 77.6 Å². The number of aromatic nitrogens is 4. The Morgan fingerprint density at radius 1 is 0.733 bits per heavy atom. The van der Waals surface area contributed by atoms with Crippen molar-refractivity contribution in [3.05, 3.63) is 78.9 Å². The fourth-order valence-electron chi connectivity index (χ4n) is 4.00. The molecule has 1 aliphatic carbocycles. The van der Waals surface area contributed by atoms with Crippen LogP contribution < -0.4 is 5.32 Å². The van der Waals surface area contributed by atoms with Crippen molar-refractivity contribution < 1.29 is 4.52 Å². The summed E-state index contributed by atoms with van der Waals surface area (Å²) in [6, 6.07) is 20.9. The molecule has 5 rings (SSSR count). The third kappa shape index (κ3) is 4.08. The second-order valence-corrected chi connectivity index (χ2v) is 7.66. The molecule has 0 unspecified atom stereocenters. The van der Waals surface area contributed by atoms with Crippen molar-refractivity contribution in [1.29, 1.82) is 0 Å². The predicted molar refractivity (Wildman–Crippen MR) is 116 cm³/mol. The minimum absolute atomic E-state index is 0.310. The molecule has 150 valence electrons. The largest absolute Gasteiger partial charge is 0.351 e. The normalized spacial score (nSPS) is 18.8. The highest BCUT2D eigenvalue weighted by Crippen LogP contribution is 2.34. The molecule has 0 atom stereocenters. The first kappa shape index (κ1) is 18.5. The van der Waals surface area contributed by atoms with Crippen molar-refractivity contribution >= 4 is 5.95 Å². The second-order valence-electron chi connectivity index (χ2n) is 7.66. The molecule has 6 nitrogen and oxygen atoms in total.